The first-order chi connectivity index (χ1) is 6.79. The highest BCUT2D eigenvalue weighted by molar-refractivity contribution is 7.07. The van der Waals surface area contributed by atoms with Gasteiger partial charge in [-0.05, 0) is 34.5 Å². The van der Waals surface area contributed by atoms with Crippen molar-refractivity contribution in [2.45, 2.75) is 6.10 Å². The largest absolute Gasteiger partial charge is 0.382 e. The van der Waals surface area contributed by atoms with Crippen LogP contribution in [0.15, 0.2) is 35.2 Å². The van der Waals surface area contributed by atoms with Gasteiger partial charge in [0.1, 0.15) is 17.6 Å². The molecule has 0 saturated heterocycles. The van der Waals surface area contributed by atoms with Gasteiger partial charge in [-0.2, -0.15) is 11.3 Å². The molecule has 1 atom stereocenters. The van der Waals surface area contributed by atoms with Gasteiger partial charge in [-0.15, -0.1) is 0 Å². The van der Waals surface area contributed by atoms with Crippen LogP contribution < -0.4 is 0 Å². The Morgan fingerprint density at radius 2 is 2.29 bits per heavy atom. The number of aliphatic hydroxyl groups is 1. The topological polar surface area (TPSA) is 33.1 Å². The lowest BCUT2D eigenvalue weighted by Gasteiger charge is -2.08. The summed E-state index contributed by atoms with van der Waals surface area (Å²) in [4.78, 5) is 3.81. The zero-order chi connectivity index (χ0) is 9.97. The van der Waals surface area contributed by atoms with Gasteiger partial charge in [-0.1, -0.05) is 0 Å². The molecule has 0 bridgehead atoms. The standard InChI is InChI=1S/C10H8FNOS/c11-8-2-1-4-12-9(8)10(13)7-3-5-14-6-7/h1-6,10,13H. The lowest BCUT2D eigenvalue weighted by molar-refractivity contribution is 0.210. The summed E-state index contributed by atoms with van der Waals surface area (Å²) in [5.41, 5.74) is 0.749. The molecule has 2 aromatic rings. The van der Waals surface area contributed by atoms with Crippen molar-refractivity contribution in [1.82, 2.24) is 4.98 Å². The van der Waals surface area contributed by atoms with Crippen LogP contribution in [0.4, 0.5) is 4.39 Å². The summed E-state index contributed by atoms with van der Waals surface area (Å²) in [5.74, 6) is -0.480. The first-order valence-corrected chi connectivity index (χ1v) is 5.04. The van der Waals surface area contributed by atoms with E-state index in [2.05, 4.69) is 4.98 Å². The van der Waals surface area contributed by atoms with E-state index in [0.717, 1.165) is 0 Å². The van der Waals surface area contributed by atoms with Crippen molar-refractivity contribution in [3.05, 3.63) is 52.2 Å². The number of halogens is 1. The first-order valence-electron chi connectivity index (χ1n) is 4.09. The monoisotopic (exact) mass is 209 g/mol. The van der Waals surface area contributed by atoms with Gasteiger partial charge in [0.25, 0.3) is 0 Å². The van der Waals surface area contributed by atoms with Gasteiger partial charge < -0.3 is 5.11 Å². The number of aliphatic hydroxyl groups excluding tert-OH is 1. The summed E-state index contributed by atoms with van der Waals surface area (Å²) in [6, 6.07) is 4.54. The Hall–Kier alpha value is -1.26. The molecule has 0 spiro atoms. The Morgan fingerprint density at radius 1 is 1.43 bits per heavy atom. The van der Waals surface area contributed by atoms with Gasteiger partial charge in [0, 0.05) is 6.20 Å². The maximum absolute atomic E-state index is 13.2. The summed E-state index contributed by atoms with van der Waals surface area (Å²) in [7, 11) is 0. The second-order valence-electron chi connectivity index (χ2n) is 2.83. The third-order valence-corrected chi connectivity index (χ3v) is 2.61. The van der Waals surface area contributed by atoms with Crippen molar-refractivity contribution in [2.24, 2.45) is 0 Å². The van der Waals surface area contributed by atoms with Crippen LogP contribution in [0, 0.1) is 5.82 Å². The summed E-state index contributed by atoms with van der Waals surface area (Å²) < 4.78 is 13.2. The number of hydrogen-bond acceptors (Lipinski definition) is 3. The molecule has 1 unspecified atom stereocenters. The lowest BCUT2D eigenvalue weighted by Crippen LogP contribution is -2.03. The molecule has 2 heterocycles. The molecule has 0 aliphatic rings. The molecule has 0 fully saturated rings. The summed E-state index contributed by atoms with van der Waals surface area (Å²) in [5, 5.41) is 13.4. The van der Waals surface area contributed by atoms with Crippen molar-refractivity contribution >= 4 is 11.3 Å². The SMILES string of the molecule is OC(c1ccsc1)c1ncccc1F. The van der Waals surface area contributed by atoms with E-state index in [0.29, 0.717) is 5.56 Å². The lowest BCUT2D eigenvalue weighted by atomic mass is 10.1. The molecular weight excluding hydrogens is 201 g/mol. The summed E-state index contributed by atoms with van der Waals surface area (Å²) >= 11 is 1.46. The van der Waals surface area contributed by atoms with Crippen molar-refractivity contribution in [3.63, 3.8) is 0 Å². The van der Waals surface area contributed by atoms with Gasteiger partial charge in [-0.3, -0.25) is 4.98 Å². The van der Waals surface area contributed by atoms with Gasteiger partial charge in [-0.25, -0.2) is 4.39 Å². The number of aromatic nitrogens is 1. The minimum Gasteiger partial charge on any atom is -0.382 e. The number of nitrogens with zero attached hydrogens (tertiary/aromatic N) is 1. The third kappa shape index (κ3) is 1.66. The van der Waals surface area contributed by atoms with Crippen LogP contribution in [-0.2, 0) is 0 Å². The van der Waals surface area contributed by atoms with Crippen LogP contribution >= 0.6 is 11.3 Å². The summed E-state index contributed by atoms with van der Waals surface area (Å²) in [6.07, 6.45) is 0.496. The Kier molecular flexibility index (Phi) is 2.56. The van der Waals surface area contributed by atoms with Gasteiger partial charge in [0.15, 0.2) is 0 Å². The highest BCUT2D eigenvalue weighted by atomic mass is 32.1. The van der Waals surface area contributed by atoms with E-state index >= 15 is 0 Å². The van der Waals surface area contributed by atoms with Crippen molar-refractivity contribution in [1.29, 1.82) is 0 Å². The number of hydrogen-bond donors (Lipinski definition) is 1. The molecule has 2 aromatic heterocycles. The highest BCUT2D eigenvalue weighted by Crippen LogP contribution is 2.23. The molecule has 0 aliphatic carbocycles. The van der Waals surface area contributed by atoms with Crippen molar-refractivity contribution < 1.29 is 9.50 Å². The van der Waals surface area contributed by atoms with Crippen LogP contribution in [0.1, 0.15) is 17.4 Å². The van der Waals surface area contributed by atoms with Crippen molar-refractivity contribution in [2.75, 3.05) is 0 Å². The number of pyridine rings is 1. The van der Waals surface area contributed by atoms with E-state index in [4.69, 9.17) is 0 Å². The van der Waals surface area contributed by atoms with Gasteiger partial charge in [0.05, 0.1) is 0 Å². The van der Waals surface area contributed by atoms with Gasteiger partial charge in [0.2, 0.25) is 0 Å². The molecule has 0 saturated carbocycles. The normalized spacial score (nSPS) is 12.7. The van der Waals surface area contributed by atoms with E-state index in [9.17, 15) is 9.50 Å². The highest BCUT2D eigenvalue weighted by Gasteiger charge is 2.15. The molecular formula is C10H8FNOS. The molecule has 2 nitrogen and oxygen atoms in total. The molecule has 72 valence electrons. The van der Waals surface area contributed by atoms with E-state index in [1.807, 2.05) is 5.38 Å². The molecule has 2 rings (SSSR count). The van der Waals surface area contributed by atoms with Gasteiger partial charge >= 0.3 is 0 Å². The van der Waals surface area contributed by atoms with E-state index < -0.39 is 11.9 Å². The number of rotatable bonds is 2. The fourth-order valence-electron chi connectivity index (χ4n) is 1.19. The first kappa shape index (κ1) is 9.30. The molecule has 0 aliphatic heterocycles. The zero-order valence-electron chi connectivity index (χ0n) is 7.22. The predicted molar refractivity (Wildman–Crippen MR) is 52.6 cm³/mol. The average molecular weight is 209 g/mol. The third-order valence-electron chi connectivity index (χ3n) is 1.90. The number of thiophene rings is 1. The summed E-state index contributed by atoms with van der Waals surface area (Å²) in [6.45, 7) is 0. The fraction of sp³-hybridized carbons (Fsp3) is 0.100. The predicted octanol–water partition coefficient (Wildman–Crippen LogP) is 2.36. The molecule has 0 radical (unpaired) electrons. The Balaban J connectivity index is 2.37. The average Bonchev–Trinajstić information content (AvgIpc) is 2.70. The fourth-order valence-corrected chi connectivity index (χ4v) is 1.87. The van der Waals surface area contributed by atoms with Crippen LogP contribution in [0.25, 0.3) is 0 Å². The minimum atomic E-state index is -0.970. The second-order valence-corrected chi connectivity index (χ2v) is 3.61. The van der Waals surface area contributed by atoms with Crippen LogP contribution in [-0.4, -0.2) is 10.1 Å². The Morgan fingerprint density at radius 3 is 2.93 bits per heavy atom. The van der Waals surface area contributed by atoms with Crippen molar-refractivity contribution in [3.8, 4) is 0 Å². The maximum Gasteiger partial charge on any atom is 0.147 e. The van der Waals surface area contributed by atoms with E-state index in [1.165, 1.54) is 29.7 Å². The quantitative estimate of drug-likeness (QED) is 0.823. The van der Waals surface area contributed by atoms with Crippen LogP contribution in [0.3, 0.4) is 0 Å². The Bertz CT molecular complexity index is 416. The second kappa shape index (κ2) is 3.86. The minimum absolute atomic E-state index is 0.0749. The Labute approximate surface area is 84.7 Å². The maximum atomic E-state index is 13.2. The molecule has 14 heavy (non-hydrogen) atoms. The van der Waals surface area contributed by atoms with Crippen LogP contribution in [0.5, 0.6) is 0 Å². The van der Waals surface area contributed by atoms with E-state index in [-0.39, 0.29) is 5.69 Å². The molecule has 4 heteroatoms. The molecule has 0 aromatic carbocycles. The molecule has 1 N–H and O–H groups in total. The smallest absolute Gasteiger partial charge is 0.147 e. The van der Waals surface area contributed by atoms with E-state index in [1.54, 1.807) is 11.4 Å². The zero-order valence-corrected chi connectivity index (χ0v) is 8.04. The molecule has 0 amide bonds. The van der Waals surface area contributed by atoms with Crippen LogP contribution in [0.2, 0.25) is 0 Å².